The molecule has 0 saturated heterocycles. The number of anilines is 1. The molecule has 1 aliphatic heterocycles. The number of hydrogen-bond acceptors (Lipinski definition) is 3. The molecule has 0 unspecified atom stereocenters. The van der Waals surface area contributed by atoms with Gasteiger partial charge in [-0.05, 0) is 45.4 Å². The Morgan fingerprint density at radius 1 is 1.21 bits per heavy atom. The van der Waals surface area contributed by atoms with Crippen LogP contribution in [0.4, 0.5) is 5.69 Å². The van der Waals surface area contributed by atoms with Crippen molar-refractivity contribution in [3.63, 3.8) is 0 Å². The second kappa shape index (κ2) is 4.53. The average molecular weight is 258 g/mol. The summed E-state index contributed by atoms with van der Waals surface area (Å²) in [4.78, 5) is 12.2. The largest absolute Gasteiger partial charge is 0.467 e. The van der Waals surface area contributed by atoms with E-state index in [0.717, 1.165) is 11.1 Å². The lowest BCUT2D eigenvalue weighted by molar-refractivity contribution is -0.112. The summed E-state index contributed by atoms with van der Waals surface area (Å²) in [5.74, 6) is -0.357. The van der Waals surface area contributed by atoms with Crippen LogP contribution in [0.3, 0.4) is 0 Å². The number of rotatable bonds is 2. The lowest BCUT2D eigenvalue weighted by Crippen LogP contribution is -2.21. The summed E-state index contributed by atoms with van der Waals surface area (Å²) in [5.41, 5.74) is 2.37. The number of carbonyl (C=O) groups is 1. The van der Waals surface area contributed by atoms with Crippen LogP contribution in [0.5, 0.6) is 0 Å². The van der Waals surface area contributed by atoms with E-state index in [4.69, 9.17) is 10.1 Å². The van der Waals surface area contributed by atoms with Gasteiger partial charge >= 0.3 is 0 Å². The van der Waals surface area contributed by atoms with Gasteiger partial charge in [0.25, 0.3) is 5.91 Å². The van der Waals surface area contributed by atoms with Crippen molar-refractivity contribution in [1.82, 2.24) is 0 Å². The lowest BCUT2D eigenvalue weighted by atomic mass is 9.97. The van der Waals surface area contributed by atoms with Crippen LogP contribution < -0.4 is 5.32 Å². The Bertz CT molecular complexity index is 568. The fourth-order valence-electron chi connectivity index (χ4n) is 1.96. The molecule has 4 nitrogen and oxygen atoms in total. The zero-order chi connectivity index (χ0) is 14.2. The maximum atomic E-state index is 12.2. The molecule has 0 saturated carbocycles. The van der Waals surface area contributed by atoms with Gasteiger partial charge in [-0.3, -0.25) is 10.2 Å². The molecule has 1 aromatic carbocycles. The summed E-state index contributed by atoms with van der Waals surface area (Å²) in [7, 11) is 0. The van der Waals surface area contributed by atoms with Crippen molar-refractivity contribution in [3.8, 4) is 0 Å². The Morgan fingerprint density at radius 3 is 2.26 bits per heavy atom. The minimum atomic E-state index is -0.586. The van der Waals surface area contributed by atoms with Crippen molar-refractivity contribution in [2.24, 2.45) is 0 Å². The van der Waals surface area contributed by atoms with Gasteiger partial charge in [-0.1, -0.05) is 17.7 Å². The van der Waals surface area contributed by atoms with Crippen molar-refractivity contribution in [2.45, 2.75) is 33.3 Å². The Labute approximate surface area is 113 Å². The summed E-state index contributed by atoms with van der Waals surface area (Å²) in [6.45, 7) is 7.51. The van der Waals surface area contributed by atoms with E-state index in [9.17, 15) is 4.79 Å². The molecule has 2 N–H and O–H groups in total. The highest BCUT2D eigenvalue weighted by Gasteiger charge is 2.38. The molecule has 0 aliphatic carbocycles. The first-order chi connectivity index (χ1) is 8.81. The summed E-state index contributed by atoms with van der Waals surface area (Å²) in [5, 5.41) is 10.6. The first-order valence-corrected chi connectivity index (χ1v) is 6.18. The van der Waals surface area contributed by atoms with Crippen molar-refractivity contribution in [3.05, 3.63) is 41.0 Å². The molecule has 0 atom stereocenters. The number of nitrogens with one attached hydrogen (secondary N) is 2. The van der Waals surface area contributed by atoms with Gasteiger partial charge in [0.15, 0.2) is 0 Å². The standard InChI is InChI=1S/C15H18N2O2/c1-9-5-7-11(8-6-9)17-14(18)12-10(2)15(3,4)19-13(12)16/h5-8,16H,1-4H3,(H,17,18). The third kappa shape index (κ3) is 2.52. The molecule has 0 radical (unpaired) electrons. The highest BCUT2D eigenvalue weighted by Crippen LogP contribution is 2.32. The van der Waals surface area contributed by atoms with Crippen LogP contribution in [0.15, 0.2) is 35.4 Å². The third-order valence-electron chi connectivity index (χ3n) is 3.40. The SMILES string of the molecule is CC1=C(C(=O)Nc2ccc(C)cc2)C(=N)OC1(C)C. The van der Waals surface area contributed by atoms with Crippen LogP contribution in [0.25, 0.3) is 0 Å². The van der Waals surface area contributed by atoms with Gasteiger partial charge in [0.2, 0.25) is 5.90 Å². The van der Waals surface area contributed by atoms with Crippen LogP contribution in [0, 0.1) is 12.3 Å². The minimum Gasteiger partial charge on any atom is -0.467 e. The maximum Gasteiger partial charge on any atom is 0.261 e. The second-order valence-corrected chi connectivity index (χ2v) is 5.26. The molecular formula is C15H18N2O2. The van der Waals surface area contributed by atoms with Crippen molar-refractivity contribution in [1.29, 1.82) is 5.41 Å². The number of hydrogen-bond donors (Lipinski definition) is 2. The van der Waals surface area contributed by atoms with E-state index in [0.29, 0.717) is 11.3 Å². The van der Waals surface area contributed by atoms with Crippen molar-refractivity contribution in [2.75, 3.05) is 5.32 Å². The monoisotopic (exact) mass is 258 g/mol. The first-order valence-electron chi connectivity index (χ1n) is 6.18. The summed E-state index contributed by atoms with van der Waals surface area (Å²) in [6, 6.07) is 7.54. The molecule has 1 amide bonds. The van der Waals surface area contributed by atoms with E-state index in [-0.39, 0.29) is 11.8 Å². The number of carbonyl (C=O) groups excluding carboxylic acids is 1. The highest BCUT2D eigenvalue weighted by molar-refractivity contribution is 6.23. The minimum absolute atomic E-state index is 0.0629. The van der Waals surface area contributed by atoms with Gasteiger partial charge in [-0.15, -0.1) is 0 Å². The maximum absolute atomic E-state index is 12.2. The molecule has 4 heteroatoms. The second-order valence-electron chi connectivity index (χ2n) is 5.26. The van der Waals surface area contributed by atoms with Crippen molar-refractivity contribution >= 4 is 17.5 Å². The average Bonchev–Trinajstić information content (AvgIpc) is 2.51. The van der Waals surface area contributed by atoms with E-state index >= 15 is 0 Å². The smallest absolute Gasteiger partial charge is 0.261 e. The molecule has 0 fully saturated rings. The van der Waals surface area contributed by atoms with E-state index in [2.05, 4.69) is 5.32 Å². The van der Waals surface area contributed by atoms with E-state index < -0.39 is 5.60 Å². The van der Waals surface area contributed by atoms with Crippen LogP contribution in [-0.4, -0.2) is 17.4 Å². The molecular weight excluding hydrogens is 240 g/mol. The predicted molar refractivity (Wildman–Crippen MR) is 75.4 cm³/mol. The molecule has 0 aromatic heterocycles. The molecule has 19 heavy (non-hydrogen) atoms. The lowest BCUT2D eigenvalue weighted by Gasteiger charge is -2.18. The van der Waals surface area contributed by atoms with Crippen LogP contribution >= 0.6 is 0 Å². The van der Waals surface area contributed by atoms with Gasteiger partial charge < -0.3 is 10.1 Å². The molecule has 0 bridgehead atoms. The molecule has 100 valence electrons. The highest BCUT2D eigenvalue weighted by atomic mass is 16.5. The summed E-state index contributed by atoms with van der Waals surface area (Å²) in [6.07, 6.45) is 0. The Morgan fingerprint density at radius 2 is 1.79 bits per heavy atom. The molecule has 1 heterocycles. The number of benzene rings is 1. The van der Waals surface area contributed by atoms with Gasteiger partial charge in [0.05, 0.1) is 0 Å². The van der Waals surface area contributed by atoms with Gasteiger partial charge in [-0.2, -0.15) is 0 Å². The quantitative estimate of drug-likeness (QED) is 0.856. The fraction of sp³-hybridized carbons (Fsp3) is 0.333. The number of amides is 1. The van der Waals surface area contributed by atoms with Gasteiger partial charge in [0, 0.05) is 5.69 Å². The van der Waals surface area contributed by atoms with Crippen LogP contribution in [-0.2, 0) is 9.53 Å². The van der Waals surface area contributed by atoms with Crippen LogP contribution in [0.1, 0.15) is 26.3 Å². The van der Waals surface area contributed by atoms with E-state index in [1.54, 1.807) is 0 Å². The number of ether oxygens (including phenoxy) is 1. The normalized spacial score (nSPS) is 17.4. The fourth-order valence-corrected chi connectivity index (χ4v) is 1.96. The Kier molecular flexibility index (Phi) is 3.18. The summed E-state index contributed by atoms with van der Waals surface area (Å²) < 4.78 is 5.40. The Balaban J connectivity index is 2.23. The van der Waals surface area contributed by atoms with Gasteiger partial charge in [-0.25, -0.2) is 0 Å². The topological polar surface area (TPSA) is 62.2 Å². The molecule has 1 aromatic rings. The van der Waals surface area contributed by atoms with Crippen LogP contribution in [0.2, 0.25) is 0 Å². The first kappa shape index (κ1) is 13.3. The van der Waals surface area contributed by atoms with Crippen molar-refractivity contribution < 1.29 is 9.53 Å². The molecule has 0 spiro atoms. The molecule has 2 rings (SSSR count). The number of aryl methyl sites for hydroxylation is 1. The van der Waals surface area contributed by atoms with E-state index in [1.807, 2.05) is 52.0 Å². The Hall–Kier alpha value is -2.10. The zero-order valence-electron chi connectivity index (χ0n) is 11.6. The third-order valence-corrected chi connectivity index (χ3v) is 3.40. The van der Waals surface area contributed by atoms with Gasteiger partial charge in [0.1, 0.15) is 11.2 Å². The predicted octanol–water partition coefficient (Wildman–Crippen LogP) is 3.04. The summed E-state index contributed by atoms with van der Waals surface area (Å²) >= 11 is 0. The van der Waals surface area contributed by atoms with E-state index in [1.165, 1.54) is 0 Å². The zero-order valence-corrected chi connectivity index (χ0v) is 11.6. The molecule has 1 aliphatic rings.